The summed E-state index contributed by atoms with van der Waals surface area (Å²) in [6, 6.07) is 0. The van der Waals surface area contributed by atoms with Gasteiger partial charge in [0, 0.05) is 0 Å². The molecule has 2 heteroatoms. The minimum absolute atomic E-state index is 0.199. The highest BCUT2D eigenvalue weighted by Gasteiger charge is 1.92. The van der Waals surface area contributed by atoms with Crippen LogP contribution in [0.2, 0.25) is 0 Å². The van der Waals surface area contributed by atoms with Gasteiger partial charge in [-0.3, -0.25) is 0 Å². The van der Waals surface area contributed by atoms with Crippen molar-refractivity contribution in [2.24, 2.45) is 0 Å². The standard InChI is InChI=1S/C9H18O2/c1-8(10)6-4-3-5-7-9(2)11/h4,6,8-11H,3,5,7H2,1-2H3/b6-4+. The van der Waals surface area contributed by atoms with Crippen LogP contribution in [0.3, 0.4) is 0 Å². The molecule has 0 rings (SSSR count). The summed E-state index contributed by atoms with van der Waals surface area (Å²) < 4.78 is 0. The molecule has 0 aromatic heterocycles. The lowest BCUT2D eigenvalue weighted by molar-refractivity contribution is 0.182. The maximum atomic E-state index is 8.89. The Morgan fingerprint density at radius 3 is 2.36 bits per heavy atom. The van der Waals surface area contributed by atoms with Crippen molar-refractivity contribution in [1.82, 2.24) is 0 Å². The van der Waals surface area contributed by atoms with Gasteiger partial charge >= 0.3 is 0 Å². The molecule has 2 N–H and O–H groups in total. The van der Waals surface area contributed by atoms with Gasteiger partial charge < -0.3 is 10.2 Å². The number of aliphatic hydroxyl groups is 2. The number of rotatable bonds is 5. The summed E-state index contributed by atoms with van der Waals surface area (Å²) in [5, 5.41) is 17.7. The van der Waals surface area contributed by atoms with Crippen LogP contribution in [0, 0.1) is 0 Å². The molecule has 2 atom stereocenters. The van der Waals surface area contributed by atoms with E-state index >= 15 is 0 Å². The molecule has 0 aromatic carbocycles. The molecule has 66 valence electrons. The van der Waals surface area contributed by atoms with Crippen molar-refractivity contribution in [3.8, 4) is 0 Å². The maximum absolute atomic E-state index is 8.89. The molecule has 2 nitrogen and oxygen atoms in total. The quantitative estimate of drug-likeness (QED) is 0.470. The maximum Gasteiger partial charge on any atom is 0.0692 e. The second kappa shape index (κ2) is 6.38. The predicted octanol–water partition coefficient (Wildman–Crippen LogP) is 1.47. The van der Waals surface area contributed by atoms with Gasteiger partial charge in [0.15, 0.2) is 0 Å². The van der Waals surface area contributed by atoms with E-state index in [0.717, 1.165) is 19.3 Å². The normalized spacial score (nSPS) is 17.1. The van der Waals surface area contributed by atoms with Crippen molar-refractivity contribution in [2.45, 2.75) is 45.3 Å². The van der Waals surface area contributed by atoms with Crippen molar-refractivity contribution in [3.05, 3.63) is 12.2 Å². The molecule has 0 spiro atoms. The number of allylic oxidation sites excluding steroid dienone is 1. The summed E-state index contributed by atoms with van der Waals surface area (Å²) in [4.78, 5) is 0. The van der Waals surface area contributed by atoms with Crippen molar-refractivity contribution < 1.29 is 10.2 Å². The first kappa shape index (κ1) is 10.7. The Kier molecular flexibility index (Phi) is 6.18. The highest BCUT2D eigenvalue weighted by molar-refractivity contribution is 4.85. The molecule has 2 unspecified atom stereocenters. The summed E-state index contributed by atoms with van der Waals surface area (Å²) in [5.41, 5.74) is 0. The fraction of sp³-hybridized carbons (Fsp3) is 0.778. The molecule has 0 amide bonds. The number of hydrogen-bond donors (Lipinski definition) is 2. The molecule has 0 aliphatic rings. The molecule has 0 aliphatic heterocycles. The van der Waals surface area contributed by atoms with Gasteiger partial charge in [-0.2, -0.15) is 0 Å². The molecule has 0 saturated carbocycles. The summed E-state index contributed by atoms with van der Waals surface area (Å²) >= 11 is 0. The number of hydrogen-bond acceptors (Lipinski definition) is 2. The van der Waals surface area contributed by atoms with E-state index in [-0.39, 0.29) is 12.2 Å². The van der Waals surface area contributed by atoms with Gasteiger partial charge in [0.05, 0.1) is 12.2 Å². The molecular weight excluding hydrogens is 140 g/mol. The van der Waals surface area contributed by atoms with Crippen LogP contribution < -0.4 is 0 Å². The topological polar surface area (TPSA) is 40.5 Å². The van der Waals surface area contributed by atoms with Crippen LogP contribution in [0.4, 0.5) is 0 Å². The van der Waals surface area contributed by atoms with Crippen LogP contribution >= 0.6 is 0 Å². The Hall–Kier alpha value is -0.340. The van der Waals surface area contributed by atoms with Crippen molar-refractivity contribution in [1.29, 1.82) is 0 Å². The monoisotopic (exact) mass is 158 g/mol. The van der Waals surface area contributed by atoms with Crippen LogP contribution in [-0.4, -0.2) is 22.4 Å². The highest BCUT2D eigenvalue weighted by Crippen LogP contribution is 2.00. The van der Waals surface area contributed by atoms with E-state index in [0.29, 0.717) is 0 Å². The minimum Gasteiger partial charge on any atom is -0.393 e. The number of aliphatic hydroxyl groups excluding tert-OH is 2. The van der Waals surface area contributed by atoms with Crippen LogP contribution in [-0.2, 0) is 0 Å². The van der Waals surface area contributed by atoms with Gasteiger partial charge in [-0.05, 0) is 33.1 Å². The van der Waals surface area contributed by atoms with Crippen molar-refractivity contribution in [3.63, 3.8) is 0 Å². The third kappa shape index (κ3) is 9.66. The third-order valence-corrected chi connectivity index (χ3v) is 1.41. The van der Waals surface area contributed by atoms with Crippen LogP contribution in [0.15, 0.2) is 12.2 Å². The molecule has 0 fully saturated rings. The van der Waals surface area contributed by atoms with E-state index < -0.39 is 0 Å². The van der Waals surface area contributed by atoms with Gasteiger partial charge in [0.25, 0.3) is 0 Å². The van der Waals surface area contributed by atoms with E-state index in [2.05, 4.69) is 0 Å². The SMILES string of the molecule is CC(O)/C=C/CCCC(C)O. The second-order valence-electron chi connectivity index (χ2n) is 2.95. The van der Waals surface area contributed by atoms with Gasteiger partial charge in [0.1, 0.15) is 0 Å². The van der Waals surface area contributed by atoms with Crippen LogP contribution in [0.1, 0.15) is 33.1 Å². The van der Waals surface area contributed by atoms with Crippen molar-refractivity contribution >= 4 is 0 Å². The Morgan fingerprint density at radius 1 is 1.27 bits per heavy atom. The Balaban J connectivity index is 3.14. The largest absolute Gasteiger partial charge is 0.393 e. The van der Waals surface area contributed by atoms with Gasteiger partial charge in [-0.25, -0.2) is 0 Å². The minimum atomic E-state index is -0.346. The fourth-order valence-corrected chi connectivity index (χ4v) is 0.824. The summed E-state index contributed by atoms with van der Waals surface area (Å²) in [5.74, 6) is 0. The van der Waals surface area contributed by atoms with Gasteiger partial charge in [-0.1, -0.05) is 12.2 Å². The Bertz CT molecular complexity index is 106. The molecule has 11 heavy (non-hydrogen) atoms. The van der Waals surface area contributed by atoms with Gasteiger partial charge in [-0.15, -0.1) is 0 Å². The molecular formula is C9H18O2. The van der Waals surface area contributed by atoms with E-state index in [1.807, 2.05) is 6.08 Å². The Morgan fingerprint density at radius 2 is 1.91 bits per heavy atom. The first-order valence-electron chi connectivity index (χ1n) is 4.15. The molecule has 0 aliphatic carbocycles. The summed E-state index contributed by atoms with van der Waals surface area (Å²) in [7, 11) is 0. The summed E-state index contributed by atoms with van der Waals surface area (Å²) in [6.45, 7) is 3.52. The molecule has 0 aromatic rings. The van der Waals surface area contributed by atoms with E-state index in [1.54, 1.807) is 19.9 Å². The van der Waals surface area contributed by atoms with Gasteiger partial charge in [0.2, 0.25) is 0 Å². The smallest absolute Gasteiger partial charge is 0.0692 e. The highest BCUT2D eigenvalue weighted by atomic mass is 16.3. The fourth-order valence-electron chi connectivity index (χ4n) is 0.824. The predicted molar refractivity (Wildman–Crippen MR) is 46.4 cm³/mol. The lowest BCUT2D eigenvalue weighted by atomic mass is 10.1. The molecule has 0 saturated heterocycles. The van der Waals surface area contributed by atoms with Crippen LogP contribution in [0.25, 0.3) is 0 Å². The molecule has 0 heterocycles. The first-order chi connectivity index (χ1) is 5.13. The lowest BCUT2D eigenvalue weighted by Crippen LogP contribution is -1.98. The number of unbranched alkanes of at least 4 members (excludes halogenated alkanes) is 1. The zero-order valence-electron chi connectivity index (χ0n) is 7.33. The third-order valence-electron chi connectivity index (χ3n) is 1.41. The first-order valence-corrected chi connectivity index (χ1v) is 4.15. The van der Waals surface area contributed by atoms with E-state index in [9.17, 15) is 0 Å². The average molecular weight is 158 g/mol. The Labute approximate surface area is 68.6 Å². The lowest BCUT2D eigenvalue weighted by Gasteiger charge is -2.00. The zero-order valence-corrected chi connectivity index (χ0v) is 7.33. The average Bonchev–Trinajstić information content (AvgIpc) is 1.85. The summed E-state index contributed by atoms with van der Waals surface area (Å²) in [6.07, 6.45) is 5.94. The van der Waals surface area contributed by atoms with E-state index in [1.165, 1.54) is 0 Å². The second-order valence-corrected chi connectivity index (χ2v) is 2.95. The van der Waals surface area contributed by atoms with Crippen molar-refractivity contribution in [2.75, 3.05) is 0 Å². The van der Waals surface area contributed by atoms with E-state index in [4.69, 9.17) is 10.2 Å². The molecule has 0 radical (unpaired) electrons. The van der Waals surface area contributed by atoms with Crippen LogP contribution in [0.5, 0.6) is 0 Å². The zero-order chi connectivity index (χ0) is 8.69. The molecule has 0 bridgehead atoms.